The van der Waals surface area contributed by atoms with Gasteiger partial charge in [0.05, 0.1) is 5.01 Å². The minimum absolute atomic E-state index is 0.183. The molecule has 0 saturated heterocycles. The number of rotatable bonds is 6. The van der Waals surface area contributed by atoms with Crippen LogP contribution in [-0.4, -0.2) is 41.2 Å². The Morgan fingerprint density at radius 1 is 1.20 bits per heavy atom. The molecule has 0 aliphatic carbocycles. The van der Waals surface area contributed by atoms with Crippen LogP contribution in [0.1, 0.15) is 39.8 Å². The van der Waals surface area contributed by atoms with Crippen LogP contribution in [0.4, 0.5) is 17.6 Å². The number of aliphatic carboxylic acids is 1. The molecule has 0 bridgehead atoms. The lowest BCUT2D eigenvalue weighted by Crippen LogP contribution is -2.37. The number of thiazole rings is 1. The molecule has 6 nitrogen and oxygen atoms in total. The number of nitrogens with zero attached hydrogens (tertiary/aromatic N) is 1. The van der Waals surface area contributed by atoms with Gasteiger partial charge in [-0.25, -0.2) is 14.2 Å². The van der Waals surface area contributed by atoms with Crippen LogP contribution in [-0.2, 0) is 16.6 Å². The zero-order chi connectivity index (χ0) is 23.1. The summed E-state index contributed by atoms with van der Waals surface area (Å²) in [6.45, 7) is 6.87. The molecule has 0 saturated carbocycles. The molecule has 0 atom stereocenters. The highest BCUT2D eigenvalue weighted by Crippen LogP contribution is 2.23. The lowest BCUT2D eigenvalue weighted by molar-refractivity contribution is -0.192. The molecule has 30 heavy (non-hydrogen) atoms. The molecule has 4 N–H and O–H groups in total. The summed E-state index contributed by atoms with van der Waals surface area (Å²) in [7, 11) is 0. The van der Waals surface area contributed by atoms with Crippen molar-refractivity contribution in [3.8, 4) is 0 Å². The van der Waals surface area contributed by atoms with Crippen LogP contribution in [0, 0.1) is 12.7 Å². The van der Waals surface area contributed by atoms with Gasteiger partial charge in [-0.15, -0.1) is 11.3 Å². The Morgan fingerprint density at radius 2 is 1.73 bits per heavy atom. The summed E-state index contributed by atoms with van der Waals surface area (Å²) in [5.41, 5.74) is 6.66. The third-order valence-corrected chi connectivity index (χ3v) is 5.00. The van der Waals surface area contributed by atoms with Crippen LogP contribution in [0.25, 0.3) is 0 Å². The van der Waals surface area contributed by atoms with Crippen molar-refractivity contribution in [3.05, 3.63) is 51.2 Å². The van der Waals surface area contributed by atoms with E-state index in [9.17, 15) is 22.4 Å². The lowest BCUT2D eigenvalue weighted by Gasteiger charge is -2.25. The number of hydrogen-bond donors (Lipinski definition) is 3. The Kier molecular flexibility index (Phi) is 8.91. The summed E-state index contributed by atoms with van der Waals surface area (Å²) in [6, 6.07) is 6.36. The average Bonchev–Trinajstić information content (AvgIpc) is 3.00. The number of carboxylic acids is 1. The van der Waals surface area contributed by atoms with Gasteiger partial charge >= 0.3 is 12.1 Å². The Hall–Kier alpha value is -2.53. The van der Waals surface area contributed by atoms with Crippen molar-refractivity contribution in [1.82, 2.24) is 10.3 Å². The first-order chi connectivity index (χ1) is 13.8. The van der Waals surface area contributed by atoms with Gasteiger partial charge in [0.25, 0.3) is 5.91 Å². The number of alkyl halides is 3. The van der Waals surface area contributed by atoms with E-state index in [-0.39, 0.29) is 17.1 Å². The Labute approximate surface area is 175 Å². The number of nitrogens with one attached hydrogen (secondary N) is 1. The first-order valence-electron chi connectivity index (χ1n) is 8.78. The maximum atomic E-state index is 13.0. The topological polar surface area (TPSA) is 105 Å². The number of hydrogen-bond acceptors (Lipinski definition) is 5. The molecular formula is C19H23F4N3O3S. The molecule has 1 amide bonds. The summed E-state index contributed by atoms with van der Waals surface area (Å²) in [4.78, 5) is 26.5. The fraction of sp³-hybridized carbons (Fsp3) is 0.421. The zero-order valence-corrected chi connectivity index (χ0v) is 17.5. The van der Waals surface area contributed by atoms with Gasteiger partial charge in [0.2, 0.25) is 0 Å². The number of nitrogens with two attached hydrogens (primary N) is 1. The minimum atomic E-state index is -5.08. The lowest BCUT2D eigenvalue weighted by atomic mass is 9.84. The van der Waals surface area contributed by atoms with Crippen molar-refractivity contribution in [2.45, 2.75) is 38.8 Å². The average molecular weight is 449 g/mol. The van der Waals surface area contributed by atoms with Crippen molar-refractivity contribution in [3.63, 3.8) is 0 Å². The number of amides is 1. The van der Waals surface area contributed by atoms with Crippen LogP contribution >= 0.6 is 11.3 Å². The van der Waals surface area contributed by atoms with Crippen LogP contribution in [0.5, 0.6) is 0 Å². The SMILES string of the molecule is Cc1sc(CCN)nc1C(=O)NCC(C)(C)c1ccc(F)cc1.O=C(O)C(F)(F)F. The Bertz CT molecular complexity index is 865. The minimum Gasteiger partial charge on any atom is -0.475 e. The second kappa shape index (κ2) is 10.5. The van der Waals surface area contributed by atoms with Gasteiger partial charge < -0.3 is 16.2 Å². The van der Waals surface area contributed by atoms with Crippen LogP contribution < -0.4 is 11.1 Å². The van der Waals surface area contributed by atoms with Crippen molar-refractivity contribution in [1.29, 1.82) is 0 Å². The predicted octanol–water partition coefficient (Wildman–Crippen LogP) is 3.43. The summed E-state index contributed by atoms with van der Waals surface area (Å²) < 4.78 is 44.8. The number of carbonyl (C=O) groups is 2. The predicted molar refractivity (Wildman–Crippen MR) is 105 cm³/mol. The van der Waals surface area contributed by atoms with E-state index >= 15 is 0 Å². The fourth-order valence-electron chi connectivity index (χ4n) is 2.28. The van der Waals surface area contributed by atoms with E-state index < -0.39 is 12.1 Å². The number of carboxylic acid groups (broad SMARTS) is 1. The Balaban J connectivity index is 0.000000553. The smallest absolute Gasteiger partial charge is 0.475 e. The van der Waals surface area contributed by atoms with Gasteiger partial charge in [0, 0.05) is 23.3 Å². The first-order valence-corrected chi connectivity index (χ1v) is 9.60. The van der Waals surface area contributed by atoms with Crippen LogP contribution in [0.3, 0.4) is 0 Å². The molecule has 0 radical (unpaired) electrons. The van der Waals surface area contributed by atoms with Crippen molar-refractivity contribution in [2.24, 2.45) is 5.73 Å². The standard InChI is InChI=1S/C17H22FN3OS.C2HF3O2/c1-11-15(21-14(23-11)8-9-19)16(22)20-10-17(2,3)12-4-6-13(18)7-5-12;3-2(4,5)1(6)7/h4-7H,8-10,19H2,1-3H3,(H,20,22);(H,6,7). The number of aryl methyl sites for hydroxylation is 1. The summed E-state index contributed by atoms with van der Waals surface area (Å²) in [6.07, 6.45) is -4.40. The number of carbonyl (C=O) groups excluding carboxylic acids is 1. The van der Waals surface area contributed by atoms with Crippen LogP contribution in [0.15, 0.2) is 24.3 Å². The third kappa shape index (κ3) is 7.71. The number of halogens is 4. The highest BCUT2D eigenvalue weighted by atomic mass is 32.1. The van der Waals surface area contributed by atoms with E-state index in [1.807, 2.05) is 20.8 Å². The summed E-state index contributed by atoms with van der Waals surface area (Å²) in [5.74, 6) is -3.20. The molecule has 0 aliphatic rings. The molecule has 1 aromatic carbocycles. The Morgan fingerprint density at radius 3 is 2.20 bits per heavy atom. The van der Waals surface area contributed by atoms with Crippen molar-refractivity contribution < 1.29 is 32.3 Å². The fourth-order valence-corrected chi connectivity index (χ4v) is 3.23. The van der Waals surface area contributed by atoms with Gasteiger partial charge in [0.15, 0.2) is 0 Å². The quantitative estimate of drug-likeness (QED) is 0.586. The van der Waals surface area contributed by atoms with E-state index in [0.29, 0.717) is 25.2 Å². The van der Waals surface area contributed by atoms with E-state index in [2.05, 4.69) is 10.3 Å². The van der Waals surface area contributed by atoms with Crippen LogP contribution in [0.2, 0.25) is 0 Å². The zero-order valence-electron chi connectivity index (χ0n) is 16.6. The van der Waals surface area contributed by atoms with E-state index in [0.717, 1.165) is 15.4 Å². The van der Waals surface area contributed by atoms with Crippen molar-refractivity contribution in [2.75, 3.05) is 13.1 Å². The molecule has 2 rings (SSSR count). The monoisotopic (exact) mass is 449 g/mol. The van der Waals surface area contributed by atoms with Gasteiger partial charge in [-0.2, -0.15) is 13.2 Å². The molecule has 1 aromatic heterocycles. The summed E-state index contributed by atoms with van der Waals surface area (Å²) >= 11 is 1.50. The maximum absolute atomic E-state index is 13.0. The molecule has 1 heterocycles. The molecule has 2 aromatic rings. The van der Waals surface area contributed by atoms with Gasteiger partial charge in [-0.3, -0.25) is 4.79 Å². The van der Waals surface area contributed by atoms with Gasteiger partial charge in [-0.1, -0.05) is 26.0 Å². The maximum Gasteiger partial charge on any atom is 0.490 e. The summed E-state index contributed by atoms with van der Waals surface area (Å²) in [5, 5.41) is 10.9. The molecule has 0 fully saturated rings. The molecule has 0 aliphatic heterocycles. The largest absolute Gasteiger partial charge is 0.490 e. The molecule has 0 unspecified atom stereocenters. The second-order valence-electron chi connectivity index (χ2n) is 6.93. The second-order valence-corrected chi connectivity index (χ2v) is 8.22. The highest BCUT2D eigenvalue weighted by molar-refractivity contribution is 7.11. The highest BCUT2D eigenvalue weighted by Gasteiger charge is 2.38. The van der Waals surface area contributed by atoms with Gasteiger partial charge in [0.1, 0.15) is 11.5 Å². The normalized spacial score (nSPS) is 11.5. The third-order valence-electron chi connectivity index (χ3n) is 3.97. The number of benzene rings is 1. The molecule has 0 spiro atoms. The number of aromatic nitrogens is 1. The molecule has 166 valence electrons. The van der Waals surface area contributed by atoms with E-state index in [1.54, 1.807) is 12.1 Å². The van der Waals surface area contributed by atoms with E-state index in [1.165, 1.54) is 23.5 Å². The molecular weight excluding hydrogens is 426 g/mol. The van der Waals surface area contributed by atoms with Crippen molar-refractivity contribution >= 4 is 23.2 Å². The molecule has 11 heteroatoms. The first kappa shape index (κ1) is 25.5. The van der Waals surface area contributed by atoms with Gasteiger partial charge in [-0.05, 0) is 31.2 Å². The van der Waals surface area contributed by atoms with E-state index in [4.69, 9.17) is 15.6 Å².